The van der Waals surface area contributed by atoms with Gasteiger partial charge in [0.2, 0.25) is 11.8 Å². The van der Waals surface area contributed by atoms with Gasteiger partial charge in [-0.3, -0.25) is 29.2 Å². The second-order valence-corrected chi connectivity index (χ2v) is 9.52. The summed E-state index contributed by atoms with van der Waals surface area (Å²) in [4.78, 5) is 71.8. The number of amides is 4. The van der Waals surface area contributed by atoms with E-state index in [0.29, 0.717) is 24.2 Å². The molecule has 0 fully saturated rings. The quantitative estimate of drug-likeness (QED) is 0.0617. The van der Waals surface area contributed by atoms with E-state index < -0.39 is 59.9 Å². The Morgan fingerprint density at radius 1 is 0.833 bits per heavy atom. The van der Waals surface area contributed by atoms with Crippen LogP contribution in [-0.4, -0.2) is 63.7 Å². The highest BCUT2D eigenvalue weighted by Crippen LogP contribution is 2.24. The third-order valence-corrected chi connectivity index (χ3v) is 6.58. The fourth-order valence-corrected chi connectivity index (χ4v) is 4.31. The van der Waals surface area contributed by atoms with Gasteiger partial charge < -0.3 is 30.6 Å². The van der Waals surface area contributed by atoms with Crippen LogP contribution in [0.4, 0.5) is 0 Å². The summed E-state index contributed by atoms with van der Waals surface area (Å²) in [5.74, 6) is -6.47. The molecule has 14 heteroatoms. The molecule has 0 saturated carbocycles. The summed E-state index contributed by atoms with van der Waals surface area (Å²) in [6, 6.07) is 7.15. The van der Waals surface area contributed by atoms with Crippen molar-refractivity contribution >= 4 is 35.6 Å². The first-order chi connectivity index (χ1) is 20.0. The van der Waals surface area contributed by atoms with Crippen molar-refractivity contribution in [3.63, 3.8) is 0 Å². The van der Waals surface area contributed by atoms with E-state index in [1.54, 1.807) is 12.4 Å². The van der Waals surface area contributed by atoms with Crippen molar-refractivity contribution in [2.24, 2.45) is 11.8 Å². The third-order valence-electron chi connectivity index (χ3n) is 6.58. The van der Waals surface area contributed by atoms with Gasteiger partial charge in [0, 0.05) is 17.0 Å². The molecule has 228 valence electrons. The summed E-state index contributed by atoms with van der Waals surface area (Å²) in [5.41, 5.74) is 2.21. The average molecular weight is 589 g/mol. The number of hydrogen-bond donors (Lipinski definition) is 7. The van der Waals surface area contributed by atoms with Crippen molar-refractivity contribution in [1.82, 2.24) is 21.4 Å². The summed E-state index contributed by atoms with van der Waals surface area (Å²) in [7, 11) is 0. The molecule has 0 aliphatic heterocycles. The normalized spacial score (nSPS) is 12.8. The van der Waals surface area contributed by atoms with Crippen LogP contribution in [0.2, 0.25) is 0 Å². The monoisotopic (exact) mass is 588 g/mol. The number of benzene rings is 1. The molecule has 1 aromatic heterocycles. The zero-order valence-electron chi connectivity index (χ0n) is 23.3. The highest BCUT2D eigenvalue weighted by Gasteiger charge is 2.32. The Morgan fingerprint density at radius 2 is 1.52 bits per heavy atom. The van der Waals surface area contributed by atoms with Crippen molar-refractivity contribution < 1.29 is 48.6 Å². The number of carbonyl (C=O) groups excluding carboxylic acids is 4. The number of carboxylic acid groups (broad SMARTS) is 2. The second-order valence-electron chi connectivity index (χ2n) is 9.52. The van der Waals surface area contributed by atoms with Crippen LogP contribution in [0.5, 0.6) is 0 Å². The first kappa shape index (κ1) is 33.5. The van der Waals surface area contributed by atoms with E-state index in [1.807, 2.05) is 6.92 Å². The Bertz CT molecular complexity index is 1260. The molecular weight excluding hydrogens is 552 g/mol. The SMILES string of the molecule is CCCCC[C@@H](C(=O)NCNC(=O)c1ccc(-c2ccc(C(=O)N[C@@H](CC(=O)O)C(=O)O)cc2)o1)[C@@H](CC)C(=O)NO. The van der Waals surface area contributed by atoms with E-state index in [0.717, 1.165) is 19.3 Å². The first-order valence-electron chi connectivity index (χ1n) is 13.5. The smallest absolute Gasteiger partial charge is 0.326 e. The molecule has 2 aromatic rings. The van der Waals surface area contributed by atoms with Gasteiger partial charge in [0.05, 0.1) is 19.0 Å². The summed E-state index contributed by atoms with van der Waals surface area (Å²) in [6.07, 6.45) is 2.55. The van der Waals surface area contributed by atoms with Gasteiger partial charge in [0.1, 0.15) is 11.8 Å². The number of hydroxylamine groups is 1. The maximum Gasteiger partial charge on any atom is 0.326 e. The molecule has 7 N–H and O–H groups in total. The molecule has 0 bridgehead atoms. The number of carboxylic acids is 2. The molecule has 0 aliphatic rings. The maximum absolute atomic E-state index is 12.8. The topological polar surface area (TPSA) is 224 Å². The van der Waals surface area contributed by atoms with E-state index in [2.05, 4.69) is 16.0 Å². The van der Waals surface area contributed by atoms with Crippen LogP contribution in [0.25, 0.3) is 11.3 Å². The third kappa shape index (κ3) is 9.73. The Labute approximate surface area is 241 Å². The van der Waals surface area contributed by atoms with Crippen LogP contribution in [0, 0.1) is 11.8 Å². The Morgan fingerprint density at radius 3 is 2.10 bits per heavy atom. The Hall–Kier alpha value is -4.72. The Kier molecular flexibility index (Phi) is 13.2. The number of carbonyl (C=O) groups is 6. The molecule has 3 atom stereocenters. The van der Waals surface area contributed by atoms with Gasteiger partial charge in [-0.15, -0.1) is 0 Å². The average Bonchev–Trinajstić information content (AvgIpc) is 3.46. The highest BCUT2D eigenvalue weighted by molar-refractivity contribution is 5.98. The summed E-state index contributed by atoms with van der Waals surface area (Å²) in [6.45, 7) is 3.54. The minimum absolute atomic E-state index is 0.0513. The summed E-state index contributed by atoms with van der Waals surface area (Å²) < 4.78 is 5.59. The van der Waals surface area contributed by atoms with Crippen LogP contribution in [0.1, 0.15) is 73.3 Å². The van der Waals surface area contributed by atoms with Gasteiger partial charge in [0.15, 0.2) is 5.76 Å². The predicted octanol–water partition coefficient (Wildman–Crippen LogP) is 2.14. The minimum atomic E-state index is -1.59. The number of nitrogens with one attached hydrogen (secondary N) is 4. The van der Waals surface area contributed by atoms with E-state index in [9.17, 15) is 28.8 Å². The molecule has 0 saturated heterocycles. The van der Waals surface area contributed by atoms with Crippen LogP contribution >= 0.6 is 0 Å². The van der Waals surface area contributed by atoms with Gasteiger partial charge in [-0.05, 0) is 37.1 Å². The van der Waals surface area contributed by atoms with Crippen molar-refractivity contribution in [2.45, 2.75) is 58.4 Å². The standard InChI is InChI=1S/C28H36N4O10/c1-3-5-6-7-19(18(4-2)26(37)32-41)25(36)29-15-30-27(38)22-13-12-21(42-22)16-8-10-17(11-9-16)24(35)31-20(28(39)40)14-23(33)34/h8-13,18-20,41H,3-7,14-15H2,1-2H3,(H,29,36)(H,30,38)(H,31,35)(H,32,37)(H,33,34)(H,39,40)/t18-,19-,20+/m1/s1. The number of furan rings is 1. The first-order valence-corrected chi connectivity index (χ1v) is 13.5. The van der Waals surface area contributed by atoms with Crippen LogP contribution < -0.4 is 21.4 Å². The fourth-order valence-electron chi connectivity index (χ4n) is 4.31. The minimum Gasteiger partial charge on any atom is -0.481 e. The second kappa shape index (κ2) is 16.5. The van der Waals surface area contributed by atoms with Gasteiger partial charge in [-0.2, -0.15) is 0 Å². The van der Waals surface area contributed by atoms with Gasteiger partial charge >= 0.3 is 11.9 Å². The molecule has 0 spiro atoms. The molecule has 42 heavy (non-hydrogen) atoms. The van der Waals surface area contributed by atoms with Crippen LogP contribution in [-0.2, 0) is 19.2 Å². The van der Waals surface area contributed by atoms with Gasteiger partial charge in [0.25, 0.3) is 11.8 Å². The van der Waals surface area contributed by atoms with E-state index in [1.165, 1.54) is 36.4 Å². The maximum atomic E-state index is 12.8. The number of aliphatic carboxylic acids is 2. The zero-order chi connectivity index (χ0) is 31.2. The van der Waals surface area contributed by atoms with Gasteiger partial charge in [-0.25, -0.2) is 10.3 Å². The molecule has 4 amide bonds. The Balaban J connectivity index is 1.98. The number of unbranched alkanes of at least 4 members (excludes halogenated alkanes) is 2. The lowest BCUT2D eigenvalue weighted by molar-refractivity contribution is -0.145. The number of rotatable bonds is 17. The molecule has 2 rings (SSSR count). The summed E-state index contributed by atoms with van der Waals surface area (Å²) >= 11 is 0. The lowest BCUT2D eigenvalue weighted by Crippen LogP contribution is -2.44. The van der Waals surface area contributed by atoms with E-state index >= 15 is 0 Å². The van der Waals surface area contributed by atoms with Gasteiger partial charge in [-0.1, -0.05) is 45.2 Å². The summed E-state index contributed by atoms with van der Waals surface area (Å²) in [5, 5.41) is 34.3. The van der Waals surface area contributed by atoms with Crippen molar-refractivity contribution in [3.8, 4) is 11.3 Å². The fraction of sp³-hybridized carbons (Fsp3) is 0.429. The number of hydrogen-bond acceptors (Lipinski definition) is 8. The lowest BCUT2D eigenvalue weighted by Gasteiger charge is -2.24. The van der Waals surface area contributed by atoms with Crippen molar-refractivity contribution in [2.75, 3.05) is 6.67 Å². The molecule has 1 heterocycles. The van der Waals surface area contributed by atoms with E-state index in [4.69, 9.17) is 19.8 Å². The highest BCUT2D eigenvalue weighted by atomic mass is 16.5. The molecule has 0 unspecified atom stereocenters. The van der Waals surface area contributed by atoms with Crippen molar-refractivity contribution in [1.29, 1.82) is 0 Å². The van der Waals surface area contributed by atoms with Crippen molar-refractivity contribution in [3.05, 3.63) is 47.7 Å². The molecular formula is C28H36N4O10. The predicted molar refractivity (Wildman–Crippen MR) is 147 cm³/mol. The van der Waals surface area contributed by atoms with Crippen LogP contribution in [0.3, 0.4) is 0 Å². The van der Waals surface area contributed by atoms with Crippen LogP contribution in [0.15, 0.2) is 40.8 Å². The lowest BCUT2D eigenvalue weighted by atomic mass is 9.84. The molecule has 0 radical (unpaired) electrons. The molecule has 0 aliphatic carbocycles. The molecule has 1 aromatic carbocycles. The largest absolute Gasteiger partial charge is 0.481 e. The van der Waals surface area contributed by atoms with E-state index in [-0.39, 0.29) is 18.0 Å². The molecule has 14 nitrogen and oxygen atoms in total. The zero-order valence-corrected chi connectivity index (χ0v) is 23.3.